The van der Waals surface area contributed by atoms with Crippen molar-refractivity contribution in [1.29, 1.82) is 0 Å². The molecule has 0 bridgehead atoms. The summed E-state index contributed by atoms with van der Waals surface area (Å²) < 4.78 is 0. The van der Waals surface area contributed by atoms with Crippen LogP contribution in [0.25, 0.3) is 0 Å². The zero-order valence-electron chi connectivity index (χ0n) is 11.7. The second-order valence-electron chi connectivity index (χ2n) is 6.28. The van der Waals surface area contributed by atoms with Gasteiger partial charge in [0, 0.05) is 18.1 Å². The number of likely N-dealkylation sites (tertiary alicyclic amines) is 1. The van der Waals surface area contributed by atoms with Crippen LogP contribution in [0.4, 0.5) is 0 Å². The van der Waals surface area contributed by atoms with E-state index < -0.39 is 0 Å². The van der Waals surface area contributed by atoms with Crippen molar-refractivity contribution in [3.05, 3.63) is 34.3 Å². The van der Waals surface area contributed by atoms with E-state index in [1.807, 2.05) is 6.07 Å². The molecule has 0 atom stereocenters. The summed E-state index contributed by atoms with van der Waals surface area (Å²) in [6, 6.07) is 6.28. The fraction of sp³-hybridized carbons (Fsp3) is 0.625. The third kappa shape index (κ3) is 2.96. The maximum atomic E-state index is 6.03. The van der Waals surface area contributed by atoms with Crippen LogP contribution in [0.1, 0.15) is 30.4 Å². The van der Waals surface area contributed by atoms with E-state index in [0.717, 1.165) is 11.6 Å². The minimum atomic E-state index is 0.603. The van der Waals surface area contributed by atoms with E-state index in [4.69, 9.17) is 11.6 Å². The summed E-state index contributed by atoms with van der Waals surface area (Å²) >= 11 is 6.03. The monoisotopic (exact) mass is 278 g/mol. The van der Waals surface area contributed by atoms with Gasteiger partial charge in [0.15, 0.2) is 0 Å². The van der Waals surface area contributed by atoms with Crippen molar-refractivity contribution in [3.63, 3.8) is 0 Å². The number of piperidine rings is 1. The highest BCUT2D eigenvalue weighted by molar-refractivity contribution is 6.30. The summed E-state index contributed by atoms with van der Waals surface area (Å²) in [5, 5.41) is 4.33. The average molecular weight is 279 g/mol. The molecule has 0 amide bonds. The second kappa shape index (κ2) is 5.43. The molecule has 19 heavy (non-hydrogen) atoms. The molecule has 0 aromatic heterocycles. The lowest BCUT2D eigenvalue weighted by molar-refractivity contribution is 0.194. The van der Waals surface area contributed by atoms with E-state index in [-0.39, 0.29) is 0 Å². The minimum Gasteiger partial charge on any atom is -0.317 e. The van der Waals surface area contributed by atoms with Crippen molar-refractivity contribution in [1.82, 2.24) is 10.2 Å². The standard InChI is InChI=1S/C16H23ClN2/c1-13-10-15(17)3-2-14(13)11-19-9-6-16(12-19)4-7-18-8-5-16/h2-3,10,18H,4-9,11-12H2,1H3. The molecule has 0 aliphatic carbocycles. The molecule has 0 unspecified atom stereocenters. The number of hydrogen-bond acceptors (Lipinski definition) is 2. The molecule has 2 saturated heterocycles. The highest BCUT2D eigenvalue weighted by atomic mass is 35.5. The number of hydrogen-bond donors (Lipinski definition) is 1. The Labute approximate surface area is 121 Å². The van der Waals surface area contributed by atoms with Gasteiger partial charge in [-0.25, -0.2) is 0 Å². The van der Waals surface area contributed by atoms with E-state index >= 15 is 0 Å². The maximum absolute atomic E-state index is 6.03. The molecule has 2 fully saturated rings. The Bertz CT molecular complexity index is 452. The molecule has 3 rings (SSSR count). The summed E-state index contributed by atoms with van der Waals surface area (Å²) in [4.78, 5) is 2.63. The van der Waals surface area contributed by atoms with Gasteiger partial charge in [0.2, 0.25) is 0 Å². The molecule has 1 spiro atoms. The van der Waals surface area contributed by atoms with E-state index in [9.17, 15) is 0 Å². The highest BCUT2D eigenvalue weighted by Gasteiger charge is 2.38. The Hall–Kier alpha value is -0.570. The van der Waals surface area contributed by atoms with Crippen LogP contribution in [0, 0.1) is 12.3 Å². The van der Waals surface area contributed by atoms with Crippen LogP contribution in [-0.4, -0.2) is 31.1 Å². The second-order valence-corrected chi connectivity index (χ2v) is 6.72. The Balaban J connectivity index is 1.65. The summed E-state index contributed by atoms with van der Waals surface area (Å²) in [5.74, 6) is 0. The first-order valence-electron chi connectivity index (χ1n) is 7.35. The molecule has 0 saturated carbocycles. The molecule has 0 radical (unpaired) electrons. The molecular weight excluding hydrogens is 256 g/mol. The number of rotatable bonds is 2. The molecule has 3 heteroatoms. The van der Waals surface area contributed by atoms with Crippen LogP contribution in [-0.2, 0) is 6.54 Å². The van der Waals surface area contributed by atoms with Crippen LogP contribution in [0.15, 0.2) is 18.2 Å². The topological polar surface area (TPSA) is 15.3 Å². The van der Waals surface area contributed by atoms with Crippen molar-refractivity contribution < 1.29 is 0 Å². The number of nitrogens with one attached hydrogen (secondary N) is 1. The molecule has 104 valence electrons. The molecule has 1 aromatic rings. The molecule has 2 heterocycles. The summed E-state index contributed by atoms with van der Waals surface area (Å²) in [6.45, 7) is 8.18. The molecule has 2 nitrogen and oxygen atoms in total. The van der Waals surface area contributed by atoms with Gasteiger partial charge in [0.05, 0.1) is 0 Å². The van der Waals surface area contributed by atoms with Gasteiger partial charge in [-0.15, -0.1) is 0 Å². The van der Waals surface area contributed by atoms with Gasteiger partial charge < -0.3 is 5.32 Å². The van der Waals surface area contributed by atoms with E-state index in [2.05, 4.69) is 29.3 Å². The Morgan fingerprint density at radius 1 is 1.26 bits per heavy atom. The summed E-state index contributed by atoms with van der Waals surface area (Å²) in [6.07, 6.45) is 4.08. The number of benzene rings is 1. The maximum Gasteiger partial charge on any atom is 0.0408 e. The van der Waals surface area contributed by atoms with Gasteiger partial charge in [0.25, 0.3) is 0 Å². The SMILES string of the molecule is Cc1cc(Cl)ccc1CN1CCC2(CCNCC2)C1. The van der Waals surface area contributed by atoms with E-state index in [0.29, 0.717) is 5.41 Å². The van der Waals surface area contributed by atoms with Crippen molar-refractivity contribution in [2.24, 2.45) is 5.41 Å². The van der Waals surface area contributed by atoms with Gasteiger partial charge >= 0.3 is 0 Å². The third-order valence-electron chi connectivity index (χ3n) is 4.88. The van der Waals surface area contributed by atoms with Crippen molar-refractivity contribution in [3.8, 4) is 0 Å². The van der Waals surface area contributed by atoms with Crippen LogP contribution in [0.5, 0.6) is 0 Å². The van der Waals surface area contributed by atoms with E-state index in [1.54, 1.807) is 0 Å². The molecular formula is C16H23ClN2. The van der Waals surface area contributed by atoms with Gasteiger partial charge in [-0.1, -0.05) is 17.7 Å². The minimum absolute atomic E-state index is 0.603. The Morgan fingerprint density at radius 3 is 2.79 bits per heavy atom. The van der Waals surface area contributed by atoms with Crippen molar-refractivity contribution >= 4 is 11.6 Å². The first-order valence-corrected chi connectivity index (χ1v) is 7.73. The number of aryl methyl sites for hydroxylation is 1. The predicted molar refractivity (Wildman–Crippen MR) is 80.6 cm³/mol. The largest absolute Gasteiger partial charge is 0.317 e. The van der Waals surface area contributed by atoms with Crippen molar-refractivity contribution in [2.75, 3.05) is 26.2 Å². The van der Waals surface area contributed by atoms with Gasteiger partial charge in [-0.3, -0.25) is 4.90 Å². The summed E-state index contributed by atoms with van der Waals surface area (Å²) in [5.41, 5.74) is 3.35. The van der Waals surface area contributed by atoms with Gasteiger partial charge in [-0.05, 0) is 74.5 Å². The third-order valence-corrected chi connectivity index (χ3v) is 5.12. The van der Waals surface area contributed by atoms with Gasteiger partial charge in [0.1, 0.15) is 0 Å². The predicted octanol–water partition coefficient (Wildman–Crippen LogP) is 3.22. The Morgan fingerprint density at radius 2 is 2.05 bits per heavy atom. The average Bonchev–Trinajstić information content (AvgIpc) is 2.77. The molecule has 2 aliphatic heterocycles. The van der Waals surface area contributed by atoms with Crippen LogP contribution in [0.2, 0.25) is 5.02 Å². The fourth-order valence-corrected chi connectivity index (χ4v) is 3.83. The first kappa shape index (κ1) is 13.4. The molecule has 1 aromatic carbocycles. The quantitative estimate of drug-likeness (QED) is 0.894. The molecule has 2 aliphatic rings. The zero-order valence-corrected chi connectivity index (χ0v) is 12.5. The van der Waals surface area contributed by atoms with Gasteiger partial charge in [-0.2, -0.15) is 0 Å². The zero-order chi connectivity index (χ0) is 13.3. The van der Waals surface area contributed by atoms with E-state index in [1.165, 1.54) is 56.6 Å². The van der Waals surface area contributed by atoms with Crippen LogP contribution >= 0.6 is 11.6 Å². The fourth-order valence-electron chi connectivity index (χ4n) is 3.61. The highest BCUT2D eigenvalue weighted by Crippen LogP contribution is 2.39. The van der Waals surface area contributed by atoms with Crippen LogP contribution in [0.3, 0.4) is 0 Å². The van der Waals surface area contributed by atoms with Crippen molar-refractivity contribution in [2.45, 2.75) is 32.7 Å². The summed E-state index contributed by atoms with van der Waals surface area (Å²) in [7, 11) is 0. The Kier molecular flexibility index (Phi) is 3.84. The first-order chi connectivity index (χ1) is 9.17. The lowest BCUT2D eigenvalue weighted by Crippen LogP contribution is -2.38. The number of halogens is 1. The number of nitrogens with zero attached hydrogens (tertiary/aromatic N) is 1. The normalized spacial score (nSPS) is 23.1. The lowest BCUT2D eigenvalue weighted by Gasteiger charge is -2.34. The molecule has 1 N–H and O–H groups in total. The smallest absolute Gasteiger partial charge is 0.0408 e. The van der Waals surface area contributed by atoms with Crippen LogP contribution < -0.4 is 5.32 Å². The lowest BCUT2D eigenvalue weighted by atomic mass is 9.78.